The van der Waals surface area contributed by atoms with E-state index in [1.807, 2.05) is 7.05 Å². The van der Waals surface area contributed by atoms with Gasteiger partial charge in [0.1, 0.15) is 0 Å². The highest BCUT2D eigenvalue weighted by Crippen LogP contribution is 2.25. The van der Waals surface area contributed by atoms with E-state index in [2.05, 4.69) is 54.3 Å². The molecule has 0 aromatic heterocycles. The van der Waals surface area contributed by atoms with E-state index in [9.17, 15) is 0 Å². The molecule has 0 fully saturated rings. The van der Waals surface area contributed by atoms with E-state index >= 15 is 0 Å². The number of hydrogen-bond acceptors (Lipinski definition) is 2. The molecule has 1 unspecified atom stereocenters. The molecule has 0 saturated heterocycles. The Morgan fingerprint density at radius 3 is 2.69 bits per heavy atom. The molecule has 0 aliphatic carbocycles. The first-order chi connectivity index (χ1) is 7.74. The van der Waals surface area contributed by atoms with Crippen LogP contribution in [0, 0.1) is 12.3 Å². The van der Waals surface area contributed by atoms with Crippen LogP contribution < -0.4 is 10.2 Å². The number of rotatable bonds is 5. The van der Waals surface area contributed by atoms with Crippen LogP contribution in [0.3, 0.4) is 0 Å². The first-order valence-electron chi connectivity index (χ1n) is 5.69. The van der Waals surface area contributed by atoms with Gasteiger partial charge in [-0.3, -0.25) is 0 Å². The van der Waals surface area contributed by atoms with Crippen molar-refractivity contribution in [2.24, 2.45) is 0 Å². The largest absolute Gasteiger partial charge is 0.360 e. The number of terminal acetylenes is 1. The smallest absolute Gasteiger partial charge is 0.0791 e. The summed E-state index contributed by atoms with van der Waals surface area (Å²) in [6.45, 7) is 5.86. The molecule has 1 rings (SSSR count). The molecule has 0 saturated carbocycles. The van der Waals surface area contributed by atoms with Gasteiger partial charge < -0.3 is 10.2 Å². The minimum absolute atomic E-state index is 0.336. The van der Waals surface area contributed by atoms with Gasteiger partial charge in [0.2, 0.25) is 0 Å². The normalized spacial score (nSPS) is 11.9. The quantitative estimate of drug-likeness (QED) is 0.760. The Bertz CT molecular complexity index is 365. The van der Waals surface area contributed by atoms with Crippen LogP contribution in [0.15, 0.2) is 24.3 Å². The molecule has 0 bridgehead atoms. The number of anilines is 1. The number of nitrogens with one attached hydrogen (secondary N) is 1. The first-order valence-corrected chi connectivity index (χ1v) is 5.69. The lowest BCUT2D eigenvalue weighted by Gasteiger charge is -2.25. The second-order valence-electron chi connectivity index (χ2n) is 3.79. The fourth-order valence-electron chi connectivity index (χ4n) is 1.77. The summed E-state index contributed by atoms with van der Waals surface area (Å²) in [5.74, 6) is 2.71. The molecule has 0 amide bonds. The lowest BCUT2D eigenvalue weighted by molar-refractivity contribution is 0.649. The maximum atomic E-state index is 5.39. The van der Waals surface area contributed by atoms with E-state index in [0.717, 1.165) is 6.54 Å². The highest BCUT2D eigenvalue weighted by Gasteiger charge is 2.12. The van der Waals surface area contributed by atoms with Crippen molar-refractivity contribution in [3.8, 4) is 12.3 Å². The van der Waals surface area contributed by atoms with Crippen molar-refractivity contribution < 1.29 is 0 Å². The van der Waals surface area contributed by atoms with E-state index in [-0.39, 0.29) is 0 Å². The second kappa shape index (κ2) is 6.19. The fraction of sp³-hybridized carbons (Fsp3) is 0.429. The topological polar surface area (TPSA) is 15.3 Å². The Hall–Kier alpha value is -1.46. The molecular formula is C14H20N2. The Labute approximate surface area is 98.7 Å². The standard InChI is InChI=1S/C14H20N2/c1-5-11-16(6-2)14-10-8-7-9-13(14)12(3)15-4/h1,7-10,12,15H,6,11H2,2-4H3. The molecule has 86 valence electrons. The van der Waals surface area contributed by atoms with E-state index in [0.29, 0.717) is 12.6 Å². The molecule has 1 atom stereocenters. The zero-order valence-electron chi connectivity index (χ0n) is 10.3. The highest BCUT2D eigenvalue weighted by molar-refractivity contribution is 5.55. The predicted octanol–water partition coefficient (Wildman–Crippen LogP) is 2.43. The molecule has 0 radical (unpaired) electrons. The van der Waals surface area contributed by atoms with Crippen LogP contribution in [0.4, 0.5) is 5.69 Å². The molecule has 0 aliphatic rings. The molecular weight excluding hydrogens is 196 g/mol. The summed E-state index contributed by atoms with van der Waals surface area (Å²) in [7, 11) is 1.97. The Morgan fingerprint density at radius 1 is 1.44 bits per heavy atom. The molecule has 16 heavy (non-hydrogen) atoms. The molecule has 0 heterocycles. The summed E-state index contributed by atoms with van der Waals surface area (Å²) in [4.78, 5) is 2.21. The van der Waals surface area contributed by atoms with Gasteiger partial charge in [-0.1, -0.05) is 24.1 Å². The van der Waals surface area contributed by atoms with Crippen molar-refractivity contribution in [1.82, 2.24) is 5.32 Å². The second-order valence-corrected chi connectivity index (χ2v) is 3.79. The third kappa shape index (κ3) is 2.77. The van der Waals surface area contributed by atoms with Crippen molar-refractivity contribution in [3.05, 3.63) is 29.8 Å². The van der Waals surface area contributed by atoms with Gasteiger partial charge in [0, 0.05) is 18.3 Å². The van der Waals surface area contributed by atoms with Crippen LogP contribution in [-0.2, 0) is 0 Å². The van der Waals surface area contributed by atoms with Crippen LogP contribution in [-0.4, -0.2) is 20.1 Å². The average molecular weight is 216 g/mol. The van der Waals surface area contributed by atoms with Gasteiger partial charge in [-0.25, -0.2) is 0 Å². The van der Waals surface area contributed by atoms with E-state index in [4.69, 9.17) is 6.42 Å². The number of benzene rings is 1. The number of para-hydroxylation sites is 1. The summed E-state index contributed by atoms with van der Waals surface area (Å²) in [5, 5.41) is 3.26. The summed E-state index contributed by atoms with van der Waals surface area (Å²) < 4.78 is 0. The van der Waals surface area contributed by atoms with Crippen LogP contribution in [0.2, 0.25) is 0 Å². The molecule has 0 spiro atoms. The maximum absolute atomic E-state index is 5.39. The SMILES string of the molecule is C#CCN(CC)c1ccccc1C(C)NC. The molecule has 1 N–H and O–H groups in total. The number of nitrogens with zero attached hydrogens (tertiary/aromatic N) is 1. The molecule has 1 aromatic rings. The first kappa shape index (κ1) is 12.6. The molecule has 1 aromatic carbocycles. The van der Waals surface area contributed by atoms with Crippen LogP contribution in [0.25, 0.3) is 0 Å². The third-order valence-corrected chi connectivity index (χ3v) is 2.84. The lowest BCUT2D eigenvalue weighted by atomic mass is 10.1. The van der Waals surface area contributed by atoms with Gasteiger partial charge in [-0.2, -0.15) is 0 Å². The summed E-state index contributed by atoms with van der Waals surface area (Å²) >= 11 is 0. The Kier molecular flexibility index (Phi) is 4.88. The zero-order chi connectivity index (χ0) is 12.0. The minimum Gasteiger partial charge on any atom is -0.360 e. The van der Waals surface area contributed by atoms with Crippen LogP contribution >= 0.6 is 0 Å². The molecule has 0 aliphatic heterocycles. The van der Waals surface area contributed by atoms with E-state index in [1.54, 1.807) is 0 Å². The van der Waals surface area contributed by atoms with Crippen molar-refractivity contribution in [2.75, 3.05) is 25.0 Å². The minimum atomic E-state index is 0.336. The van der Waals surface area contributed by atoms with Gasteiger partial charge in [-0.05, 0) is 32.5 Å². The predicted molar refractivity (Wildman–Crippen MR) is 70.6 cm³/mol. The Morgan fingerprint density at radius 2 is 2.12 bits per heavy atom. The third-order valence-electron chi connectivity index (χ3n) is 2.84. The maximum Gasteiger partial charge on any atom is 0.0791 e. The number of hydrogen-bond donors (Lipinski definition) is 1. The van der Waals surface area contributed by atoms with Crippen LogP contribution in [0.1, 0.15) is 25.5 Å². The van der Waals surface area contributed by atoms with Gasteiger partial charge in [0.25, 0.3) is 0 Å². The van der Waals surface area contributed by atoms with Crippen molar-refractivity contribution in [3.63, 3.8) is 0 Å². The van der Waals surface area contributed by atoms with Gasteiger partial charge in [-0.15, -0.1) is 6.42 Å². The summed E-state index contributed by atoms with van der Waals surface area (Å²) in [6.07, 6.45) is 5.39. The summed E-state index contributed by atoms with van der Waals surface area (Å²) in [6, 6.07) is 8.74. The van der Waals surface area contributed by atoms with Gasteiger partial charge in [0.15, 0.2) is 0 Å². The monoisotopic (exact) mass is 216 g/mol. The van der Waals surface area contributed by atoms with Crippen LogP contribution in [0.5, 0.6) is 0 Å². The highest BCUT2D eigenvalue weighted by atomic mass is 15.1. The average Bonchev–Trinajstić information content (AvgIpc) is 2.35. The van der Waals surface area contributed by atoms with E-state index in [1.165, 1.54) is 11.3 Å². The van der Waals surface area contributed by atoms with Gasteiger partial charge in [0.05, 0.1) is 6.54 Å². The summed E-state index contributed by atoms with van der Waals surface area (Å²) in [5.41, 5.74) is 2.52. The fourth-order valence-corrected chi connectivity index (χ4v) is 1.77. The molecule has 2 heteroatoms. The van der Waals surface area contributed by atoms with Crippen molar-refractivity contribution in [2.45, 2.75) is 19.9 Å². The van der Waals surface area contributed by atoms with E-state index < -0.39 is 0 Å². The van der Waals surface area contributed by atoms with Crippen molar-refractivity contribution in [1.29, 1.82) is 0 Å². The lowest BCUT2D eigenvalue weighted by Crippen LogP contribution is -2.26. The Balaban J connectivity index is 3.06. The van der Waals surface area contributed by atoms with Gasteiger partial charge >= 0.3 is 0 Å². The zero-order valence-corrected chi connectivity index (χ0v) is 10.3. The molecule has 2 nitrogen and oxygen atoms in total. The van der Waals surface area contributed by atoms with Crippen molar-refractivity contribution >= 4 is 5.69 Å².